The molecule has 1 aromatic carbocycles. The van der Waals surface area contributed by atoms with Crippen LogP contribution >= 0.6 is 0 Å². The summed E-state index contributed by atoms with van der Waals surface area (Å²) in [5.41, 5.74) is 1.18. The summed E-state index contributed by atoms with van der Waals surface area (Å²) >= 11 is 0. The number of benzene rings is 1. The molecule has 1 aromatic rings. The number of carbonyl (C=O) groups excluding carboxylic acids is 1. The van der Waals surface area contributed by atoms with Crippen molar-refractivity contribution in [1.82, 2.24) is 15.5 Å². The number of likely N-dealkylation sites (tertiary alicyclic amines) is 1. The Balaban J connectivity index is 1.54. The van der Waals surface area contributed by atoms with Gasteiger partial charge in [-0.05, 0) is 62.1 Å². The molecule has 162 valence electrons. The van der Waals surface area contributed by atoms with Crippen molar-refractivity contribution in [1.29, 1.82) is 0 Å². The average molecular weight is 406 g/mol. The topological polar surface area (TPSA) is 64.6 Å². The number of nitrogens with one attached hydrogen (secondary N) is 2. The minimum atomic E-state index is -0.188. The van der Waals surface area contributed by atoms with Crippen LogP contribution in [0.4, 0.5) is 4.39 Å². The predicted octanol–water partition coefficient (Wildman–Crippen LogP) is 2.68. The molecule has 2 aliphatic rings. The maximum atomic E-state index is 13.2. The van der Waals surface area contributed by atoms with E-state index in [2.05, 4.69) is 22.5 Å². The van der Waals surface area contributed by atoms with Crippen LogP contribution in [0.5, 0.6) is 0 Å². The monoisotopic (exact) mass is 405 g/mol. The molecule has 2 saturated heterocycles. The Morgan fingerprint density at radius 1 is 1.24 bits per heavy atom. The minimum Gasteiger partial charge on any atom is -0.395 e. The SMILES string of the molecule is CCCCN1CC(Cc2ccc(F)cc2)CCC1NC(=O)C1CCC(CO)NC1. The molecule has 0 spiro atoms. The van der Waals surface area contributed by atoms with Crippen LogP contribution < -0.4 is 10.6 Å². The lowest BCUT2D eigenvalue weighted by Crippen LogP contribution is -2.56. The van der Waals surface area contributed by atoms with Crippen molar-refractivity contribution in [2.24, 2.45) is 11.8 Å². The third kappa shape index (κ3) is 6.49. The molecule has 29 heavy (non-hydrogen) atoms. The van der Waals surface area contributed by atoms with Gasteiger partial charge >= 0.3 is 0 Å². The van der Waals surface area contributed by atoms with E-state index in [1.807, 2.05) is 12.1 Å². The second kappa shape index (κ2) is 11.0. The van der Waals surface area contributed by atoms with E-state index in [-0.39, 0.29) is 36.5 Å². The molecule has 1 amide bonds. The van der Waals surface area contributed by atoms with Gasteiger partial charge in [0.1, 0.15) is 5.82 Å². The molecular weight excluding hydrogens is 369 g/mol. The summed E-state index contributed by atoms with van der Waals surface area (Å²) < 4.78 is 13.2. The van der Waals surface area contributed by atoms with Gasteiger partial charge in [0, 0.05) is 25.7 Å². The van der Waals surface area contributed by atoms with Crippen molar-refractivity contribution < 1.29 is 14.3 Å². The fourth-order valence-corrected chi connectivity index (χ4v) is 4.60. The Morgan fingerprint density at radius 3 is 2.69 bits per heavy atom. The van der Waals surface area contributed by atoms with E-state index in [4.69, 9.17) is 0 Å². The first-order valence-corrected chi connectivity index (χ1v) is 11.2. The number of rotatable bonds is 8. The number of hydrogen-bond donors (Lipinski definition) is 3. The van der Waals surface area contributed by atoms with Gasteiger partial charge in [0.25, 0.3) is 0 Å². The lowest BCUT2D eigenvalue weighted by Gasteiger charge is -2.41. The van der Waals surface area contributed by atoms with E-state index in [0.717, 1.165) is 58.0 Å². The van der Waals surface area contributed by atoms with Gasteiger partial charge < -0.3 is 15.7 Å². The molecule has 3 N–H and O–H groups in total. The van der Waals surface area contributed by atoms with Crippen LogP contribution in [0.3, 0.4) is 0 Å². The summed E-state index contributed by atoms with van der Waals surface area (Å²) in [5.74, 6) is 0.472. The van der Waals surface area contributed by atoms with Crippen LogP contribution in [0.1, 0.15) is 51.0 Å². The highest BCUT2D eigenvalue weighted by Gasteiger charge is 2.32. The Labute approximate surface area is 174 Å². The number of piperidine rings is 2. The van der Waals surface area contributed by atoms with Gasteiger partial charge in [-0.1, -0.05) is 25.5 Å². The number of nitrogens with zero attached hydrogens (tertiary/aromatic N) is 1. The first-order chi connectivity index (χ1) is 14.1. The Morgan fingerprint density at radius 2 is 2.03 bits per heavy atom. The summed E-state index contributed by atoms with van der Waals surface area (Å²) in [6.07, 6.45) is 7.03. The van der Waals surface area contributed by atoms with Gasteiger partial charge in [-0.15, -0.1) is 0 Å². The summed E-state index contributed by atoms with van der Waals surface area (Å²) in [7, 11) is 0. The van der Waals surface area contributed by atoms with Gasteiger partial charge in [-0.25, -0.2) is 4.39 Å². The van der Waals surface area contributed by atoms with E-state index in [9.17, 15) is 14.3 Å². The van der Waals surface area contributed by atoms with Gasteiger partial charge in [-0.2, -0.15) is 0 Å². The molecule has 0 saturated carbocycles. The van der Waals surface area contributed by atoms with Gasteiger partial charge in [0.2, 0.25) is 5.91 Å². The summed E-state index contributed by atoms with van der Waals surface area (Å²) in [5, 5.41) is 15.8. The van der Waals surface area contributed by atoms with Crippen molar-refractivity contribution in [3.05, 3.63) is 35.6 Å². The van der Waals surface area contributed by atoms with E-state index in [1.54, 1.807) is 0 Å². The summed E-state index contributed by atoms with van der Waals surface area (Å²) in [6, 6.07) is 6.97. The second-order valence-corrected chi connectivity index (χ2v) is 8.71. The van der Waals surface area contributed by atoms with E-state index in [0.29, 0.717) is 12.5 Å². The maximum absolute atomic E-state index is 13.2. The zero-order valence-electron chi connectivity index (χ0n) is 17.6. The Hall–Kier alpha value is -1.50. The number of amides is 1. The molecule has 0 aliphatic carbocycles. The van der Waals surface area contributed by atoms with Crippen LogP contribution in [0.2, 0.25) is 0 Å². The molecule has 2 fully saturated rings. The van der Waals surface area contributed by atoms with Crippen LogP contribution in [0.15, 0.2) is 24.3 Å². The van der Waals surface area contributed by atoms with Crippen LogP contribution in [0.25, 0.3) is 0 Å². The quantitative estimate of drug-likeness (QED) is 0.622. The third-order valence-electron chi connectivity index (χ3n) is 6.43. The lowest BCUT2D eigenvalue weighted by atomic mass is 9.89. The maximum Gasteiger partial charge on any atom is 0.225 e. The average Bonchev–Trinajstić information content (AvgIpc) is 2.75. The van der Waals surface area contributed by atoms with Crippen molar-refractivity contribution in [2.75, 3.05) is 26.2 Å². The Bertz CT molecular complexity index is 632. The van der Waals surface area contributed by atoms with E-state index >= 15 is 0 Å². The number of unbranched alkanes of at least 4 members (excludes halogenated alkanes) is 1. The highest BCUT2D eigenvalue weighted by atomic mass is 19.1. The van der Waals surface area contributed by atoms with Crippen molar-refractivity contribution in [3.8, 4) is 0 Å². The molecule has 0 radical (unpaired) electrons. The summed E-state index contributed by atoms with van der Waals surface area (Å²) in [4.78, 5) is 15.2. The number of carbonyl (C=O) groups is 1. The lowest BCUT2D eigenvalue weighted by molar-refractivity contribution is -0.128. The number of aliphatic hydroxyl groups is 1. The standard InChI is InChI=1S/C23H36FN3O2/c1-2-3-12-27-15-18(13-17-4-8-20(24)9-5-17)6-11-22(27)26-23(29)19-7-10-21(16-28)25-14-19/h4-5,8-9,18-19,21-22,25,28H,2-3,6-7,10-16H2,1H3,(H,26,29). The third-order valence-corrected chi connectivity index (χ3v) is 6.43. The zero-order valence-corrected chi connectivity index (χ0v) is 17.6. The highest BCUT2D eigenvalue weighted by molar-refractivity contribution is 5.79. The normalized spacial score (nSPS) is 28.2. The largest absolute Gasteiger partial charge is 0.395 e. The molecule has 0 bridgehead atoms. The molecular formula is C23H36FN3O2. The smallest absolute Gasteiger partial charge is 0.225 e. The van der Waals surface area contributed by atoms with Crippen molar-refractivity contribution in [2.45, 2.75) is 64.1 Å². The fraction of sp³-hybridized carbons (Fsp3) is 0.696. The molecule has 2 heterocycles. The predicted molar refractivity (Wildman–Crippen MR) is 113 cm³/mol. The minimum absolute atomic E-state index is 0.0113. The zero-order chi connectivity index (χ0) is 20.6. The highest BCUT2D eigenvalue weighted by Crippen LogP contribution is 2.25. The summed E-state index contributed by atoms with van der Waals surface area (Å²) in [6.45, 7) is 4.94. The van der Waals surface area contributed by atoms with E-state index in [1.165, 1.54) is 17.7 Å². The molecule has 6 heteroatoms. The molecule has 4 unspecified atom stereocenters. The second-order valence-electron chi connectivity index (χ2n) is 8.71. The van der Waals surface area contributed by atoms with Crippen molar-refractivity contribution in [3.63, 3.8) is 0 Å². The van der Waals surface area contributed by atoms with Crippen LogP contribution in [-0.4, -0.2) is 54.4 Å². The fourth-order valence-electron chi connectivity index (χ4n) is 4.60. The van der Waals surface area contributed by atoms with Gasteiger partial charge in [0.05, 0.1) is 18.7 Å². The number of halogens is 1. The van der Waals surface area contributed by atoms with Gasteiger partial charge in [-0.3, -0.25) is 9.69 Å². The van der Waals surface area contributed by atoms with Crippen molar-refractivity contribution >= 4 is 5.91 Å². The van der Waals surface area contributed by atoms with E-state index < -0.39 is 0 Å². The first kappa shape index (κ1) is 22.2. The number of aliphatic hydroxyl groups excluding tert-OH is 1. The molecule has 5 nitrogen and oxygen atoms in total. The van der Waals surface area contributed by atoms with Crippen LogP contribution in [-0.2, 0) is 11.2 Å². The number of hydrogen-bond acceptors (Lipinski definition) is 4. The van der Waals surface area contributed by atoms with Gasteiger partial charge in [0.15, 0.2) is 0 Å². The molecule has 3 rings (SSSR count). The molecule has 0 aromatic heterocycles. The Kier molecular flexibility index (Phi) is 8.45. The van der Waals surface area contributed by atoms with Crippen LogP contribution in [0, 0.1) is 17.7 Å². The molecule has 4 atom stereocenters. The molecule has 2 aliphatic heterocycles. The first-order valence-electron chi connectivity index (χ1n) is 11.2.